The van der Waals surface area contributed by atoms with Gasteiger partial charge in [0, 0.05) is 18.9 Å². The molecule has 0 aromatic carbocycles. The van der Waals surface area contributed by atoms with Crippen molar-refractivity contribution in [2.75, 3.05) is 5.32 Å². The van der Waals surface area contributed by atoms with Gasteiger partial charge in [-0.2, -0.15) is 5.10 Å². The molecule has 0 fully saturated rings. The Balaban J connectivity index is 2.04. The predicted molar refractivity (Wildman–Crippen MR) is 83.4 cm³/mol. The zero-order valence-electron chi connectivity index (χ0n) is 11.6. The van der Waals surface area contributed by atoms with Crippen LogP contribution in [0.5, 0.6) is 0 Å². The highest BCUT2D eigenvalue weighted by atomic mass is 32.1. The molecule has 0 amide bonds. The summed E-state index contributed by atoms with van der Waals surface area (Å²) in [6.07, 6.45) is 5.15. The summed E-state index contributed by atoms with van der Waals surface area (Å²) in [6.45, 7) is 1.95. The summed E-state index contributed by atoms with van der Waals surface area (Å²) in [4.78, 5) is 5.08. The summed E-state index contributed by atoms with van der Waals surface area (Å²) in [6, 6.07) is 2.08. The fourth-order valence-electron chi connectivity index (χ4n) is 2.61. The molecule has 0 atom stereocenters. The topological polar surface area (TPSA) is 68.8 Å². The first-order valence-electron chi connectivity index (χ1n) is 6.64. The lowest BCUT2D eigenvalue weighted by atomic mass is 10.1. The van der Waals surface area contributed by atoms with E-state index in [1.54, 1.807) is 4.68 Å². The Labute approximate surface area is 123 Å². The normalized spacial score (nSPS) is 13.3. The first kappa shape index (κ1) is 13.1. The van der Waals surface area contributed by atoms with Gasteiger partial charge in [-0.3, -0.25) is 4.68 Å². The Hall–Kier alpha value is -1.95. The highest BCUT2D eigenvalue weighted by molar-refractivity contribution is 7.80. The molecule has 2 aromatic rings. The number of hydrogen-bond acceptors (Lipinski definition) is 4. The van der Waals surface area contributed by atoms with E-state index in [1.807, 2.05) is 20.2 Å². The number of thiocarbonyl (C=S) groups is 1. The van der Waals surface area contributed by atoms with Crippen LogP contribution in [-0.4, -0.2) is 19.8 Å². The van der Waals surface area contributed by atoms with E-state index in [-0.39, 0.29) is 0 Å². The van der Waals surface area contributed by atoms with Crippen molar-refractivity contribution in [1.82, 2.24) is 14.8 Å². The molecule has 0 unspecified atom stereocenters. The van der Waals surface area contributed by atoms with Gasteiger partial charge in [0.15, 0.2) is 0 Å². The maximum Gasteiger partial charge on any atom is 0.141 e. The van der Waals surface area contributed by atoms with E-state index in [1.165, 1.54) is 5.56 Å². The molecule has 2 aromatic heterocycles. The van der Waals surface area contributed by atoms with Crippen molar-refractivity contribution in [3.63, 3.8) is 0 Å². The van der Waals surface area contributed by atoms with Gasteiger partial charge in [-0.05, 0) is 37.8 Å². The van der Waals surface area contributed by atoms with Gasteiger partial charge in [-0.25, -0.2) is 4.98 Å². The second-order valence-electron chi connectivity index (χ2n) is 5.14. The second kappa shape index (κ2) is 4.86. The number of fused-ring (bicyclic) bond motifs is 1. The summed E-state index contributed by atoms with van der Waals surface area (Å²) in [7, 11) is 1.89. The van der Waals surface area contributed by atoms with Crippen LogP contribution in [0.1, 0.15) is 28.9 Å². The Morgan fingerprint density at radius 2 is 2.25 bits per heavy atom. The Bertz CT molecular complexity index is 689. The van der Waals surface area contributed by atoms with Crippen LogP contribution in [0.4, 0.5) is 11.5 Å². The summed E-state index contributed by atoms with van der Waals surface area (Å²) in [5.74, 6) is 0.731. The van der Waals surface area contributed by atoms with E-state index in [0.29, 0.717) is 4.99 Å². The molecule has 104 valence electrons. The highest BCUT2D eigenvalue weighted by Gasteiger charge is 2.18. The van der Waals surface area contributed by atoms with Crippen LogP contribution in [-0.2, 0) is 19.9 Å². The lowest BCUT2D eigenvalue weighted by molar-refractivity contribution is 0.756. The fraction of sp³-hybridized carbons (Fsp3) is 0.357. The lowest BCUT2D eigenvalue weighted by Gasteiger charge is -2.12. The number of nitrogens with zero attached hydrogens (tertiary/aromatic N) is 3. The van der Waals surface area contributed by atoms with Gasteiger partial charge in [-0.15, -0.1) is 0 Å². The molecule has 1 aliphatic carbocycles. The van der Waals surface area contributed by atoms with E-state index in [4.69, 9.17) is 22.9 Å². The van der Waals surface area contributed by atoms with Crippen LogP contribution in [0, 0.1) is 6.92 Å². The third-order valence-electron chi connectivity index (χ3n) is 3.58. The lowest BCUT2D eigenvalue weighted by Crippen LogP contribution is -2.14. The molecule has 6 heteroatoms. The van der Waals surface area contributed by atoms with Gasteiger partial charge in [0.2, 0.25) is 0 Å². The first-order chi connectivity index (χ1) is 9.54. The van der Waals surface area contributed by atoms with Crippen molar-refractivity contribution in [2.45, 2.75) is 26.2 Å². The van der Waals surface area contributed by atoms with E-state index < -0.39 is 0 Å². The SMILES string of the molecule is Cc1nn(C)cc1Nc1nc2c(cc1C(N)=S)CCC2. The molecular formula is C14H17N5S. The van der Waals surface area contributed by atoms with Gasteiger partial charge >= 0.3 is 0 Å². The fourth-order valence-corrected chi connectivity index (χ4v) is 2.76. The third-order valence-corrected chi connectivity index (χ3v) is 3.80. The van der Waals surface area contributed by atoms with Crippen LogP contribution >= 0.6 is 12.2 Å². The average Bonchev–Trinajstić information content (AvgIpc) is 2.94. The summed E-state index contributed by atoms with van der Waals surface area (Å²) in [5.41, 5.74) is 10.9. The quantitative estimate of drug-likeness (QED) is 0.845. The number of aromatic nitrogens is 3. The van der Waals surface area contributed by atoms with E-state index in [2.05, 4.69) is 16.5 Å². The number of nitrogens with two attached hydrogens (primary N) is 1. The number of rotatable bonds is 3. The monoisotopic (exact) mass is 287 g/mol. The molecule has 5 nitrogen and oxygen atoms in total. The van der Waals surface area contributed by atoms with E-state index >= 15 is 0 Å². The number of pyridine rings is 1. The van der Waals surface area contributed by atoms with Gasteiger partial charge in [0.1, 0.15) is 10.8 Å². The molecule has 3 N–H and O–H groups in total. The minimum atomic E-state index is 0.372. The zero-order chi connectivity index (χ0) is 14.3. The van der Waals surface area contributed by atoms with Crippen molar-refractivity contribution >= 4 is 28.7 Å². The van der Waals surface area contributed by atoms with E-state index in [0.717, 1.165) is 47.7 Å². The highest BCUT2D eigenvalue weighted by Crippen LogP contribution is 2.27. The molecule has 0 saturated heterocycles. The van der Waals surface area contributed by atoms with Crippen LogP contribution < -0.4 is 11.1 Å². The van der Waals surface area contributed by atoms with Crippen molar-refractivity contribution in [2.24, 2.45) is 12.8 Å². The van der Waals surface area contributed by atoms with Crippen molar-refractivity contribution < 1.29 is 0 Å². The van der Waals surface area contributed by atoms with Crippen LogP contribution in [0.15, 0.2) is 12.3 Å². The molecule has 20 heavy (non-hydrogen) atoms. The van der Waals surface area contributed by atoms with Crippen molar-refractivity contribution in [3.8, 4) is 0 Å². The molecule has 1 aliphatic rings. The van der Waals surface area contributed by atoms with Crippen LogP contribution in [0.25, 0.3) is 0 Å². The molecule has 0 bridgehead atoms. The summed E-state index contributed by atoms with van der Waals surface area (Å²) in [5, 5.41) is 7.63. The minimum Gasteiger partial charge on any atom is -0.389 e. The van der Waals surface area contributed by atoms with E-state index in [9.17, 15) is 0 Å². The summed E-state index contributed by atoms with van der Waals surface area (Å²) >= 11 is 5.15. The van der Waals surface area contributed by atoms with Gasteiger partial charge in [0.25, 0.3) is 0 Å². The van der Waals surface area contributed by atoms with Crippen LogP contribution in [0.2, 0.25) is 0 Å². The molecule has 0 radical (unpaired) electrons. The standard InChI is InChI=1S/C14H17N5S/c1-8-12(7-19(2)18-8)17-14-10(13(15)20)6-9-4-3-5-11(9)16-14/h6-7H,3-5H2,1-2H3,(H2,15,20)(H,16,17). The average molecular weight is 287 g/mol. The smallest absolute Gasteiger partial charge is 0.141 e. The molecule has 0 saturated carbocycles. The molecule has 0 aliphatic heterocycles. The number of anilines is 2. The third kappa shape index (κ3) is 2.27. The summed E-state index contributed by atoms with van der Waals surface area (Å²) < 4.78 is 1.77. The van der Waals surface area contributed by atoms with Crippen molar-refractivity contribution in [1.29, 1.82) is 0 Å². The molecule has 3 rings (SSSR count). The number of nitrogens with one attached hydrogen (secondary N) is 1. The molecular weight excluding hydrogens is 270 g/mol. The number of hydrogen-bond donors (Lipinski definition) is 2. The van der Waals surface area contributed by atoms with Crippen molar-refractivity contribution in [3.05, 3.63) is 34.8 Å². The van der Waals surface area contributed by atoms with Crippen LogP contribution in [0.3, 0.4) is 0 Å². The number of aryl methyl sites for hydroxylation is 4. The first-order valence-corrected chi connectivity index (χ1v) is 7.05. The Morgan fingerprint density at radius 1 is 1.45 bits per heavy atom. The Morgan fingerprint density at radius 3 is 2.90 bits per heavy atom. The maximum atomic E-state index is 5.84. The second-order valence-corrected chi connectivity index (χ2v) is 5.57. The van der Waals surface area contributed by atoms with Gasteiger partial charge < -0.3 is 11.1 Å². The predicted octanol–water partition coefficient (Wildman–Crippen LogP) is 1.99. The molecule has 0 spiro atoms. The van der Waals surface area contributed by atoms with Gasteiger partial charge in [0.05, 0.1) is 16.9 Å². The maximum absolute atomic E-state index is 5.84. The minimum absolute atomic E-state index is 0.372. The van der Waals surface area contributed by atoms with Gasteiger partial charge in [-0.1, -0.05) is 12.2 Å². The zero-order valence-corrected chi connectivity index (χ0v) is 12.4. The Kier molecular flexibility index (Phi) is 3.17. The largest absolute Gasteiger partial charge is 0.389 e. The molecule has 2 heterocycles.